The first-order valence-corrected chi connectivity index (χ1v) is 6.36. The Morgan fingerprint density at radius 3 is 2.80 bits per heavy atom. The standard InChI is InChI=1S/C14H14ClN3O2/c1-9-3-2-4-14(20)18(9)8-13(19)17-12-7-10(16)5-6-11(12)15/h2-7H,8,16H2,1H3,(H,17,19). The van der Waals surface area contributed by atoms with E-state index in [4.69, 9.17) is 17.3 Å². The number of hydrogen-bond donors (Lipinski definition) is 2. The van der Waals surface area contributed by atoms with E-state index >= 15 is 0 Å². The highest BCUT2D eigenvalue weighted by Gasteiger charge is 2.09. The van der Waals surface area contributed by atoms with Crippen LogP contribution in [0.4, 0.5) is 11.4 Å². The first-order chi connectivity index (χ1) is 9.47. The molecule has 0 saturated carbocycles. The van der Waals surface area contributed by atoms with Crippen LogP contribution in [0.15, 0.2) is 41.2 Å². The highest BCUT2D eigenvalue weighted by molar-refractivity contribution is 6.33. The molecular formula is C14H14ClN3O2. The molecule has 0 radical (unpaired) electrons. The Labute approximate surface area is 121 Å². The Bertz CT molecular complexity index is 710. The number of aromatic nitrogens is 1. The third-order valence-electron chi connectivity index (χ3n) is 2.83. The minimum atomic E-state index is -0.339. The van der Waals surface area contributed by atoms with Crippen LogP contribution in [-0.2, 0) is 11.3 Å². The summed E-state index contributed by atoms with van der Waals surface area (Å²) in [5.41, 5.74) is 7.06. The summed E-state index contributed by atoms with van der Waals surface area (Å²) in [4.78, 5) is 23.7. The summed E-state index contributed by atoms with van der Waals surface area (Å²) in [5, 5.41) is 3.04. The lowest BCUT2D eigenvalue weighted by molar-refractivity contribution is -0.116. The number of pyridine rings is 1. The fourth-order valence-electron chi connectivity index (χ4n) is 1.80. The molecule has 20 heavy (non-hydrogen) atoms. The van der Waals surface area contributed by atoms with E-state index in [1.807, 2.05) is 0 Å². The third kappa shape index (κ3) is 3.19. The van der Waals surface area contributed by atoms with Crippen molar-refractivity contribution in [3.05, 3.63) is 57.5 Å². The van der Waals surface area contributed by atoms with E-state index < -0.39 is 0 Å². The molecule has 5 nitrogen and oxygen atoms in total. The fraction of sp³-hybridized carbons (Fsp3) is 0.143. The average molecular weight is 292 g/mol. The van der Waals surface area contributed by atoms with Gasteiger partial charge in [0.25, 0.3) is 5.56 Å². The number of nitrogens with two attached hydrogens (primary N) is 1. The molecule has 0 aliphatic heterocycles. The van der Waals surface area contributed by atoms with Crippen molar-refractivity contribution in [2.45, 2.75) is 13.5 Å². The minimum Gasteiger partial charge on any atom is -0.399 e. The molecule has 1 aromatic carbocycles. The van der Waals surface area contributed by atoms with E-state index in [0.717, 1.165) is 0 Å². The summed E-state index contributed by atoms with van der Waals surface area (Å²) in [6, 6.07) is 9.65. The SMILES string of the molecule is Cc1cccc(=O)n1CC(=O)Nc1cc(N)ccc1Cl. The largest absolute Gasteiger partial charge is 0.399 e. The Hall–Kier alpha value is -2.27. The maximum atomic E-state index is 12.0. The summed E-state index contributed by atoms with van der Waals surface area (Å²) in [5.74, 6) is -0.339. The smallest absolute Gasteiger partial charge is 0.251 e. The van der Waals surface area contributed by atoms with E-state index in [1.165, 1.54) is 10.6 Å². The second-order valence-corrected chi connectivity index (χ2v) is 4.79. The van der Waals surface area contributed by atoms with Crippen molar-refractivity contribution in [1.29, 1.82) is 0 Å². The molecule has 0 atom stereocenters. The Morgan fingerprint density at radius 2 is 2.10 bits per heavy atom. The monoisotopic (exact) mass is 291 g/mol. The summed E-state index contributed by atoms with van der Waals surface area (Å²) in [7, 11) is 0. The number of nitrogens with one attached hydrogen (secondary N) is 1. The number of carbonyl (C=O) groups is 1. The predicted molar refractivity (Wildman–Crippen MR) is 79.9 cm³/mol. The molecule has 0 fully saturated rings. The van der Waals surface area contributed by atoms with Gasteiger partial charge in [0.1, 0.15) is 6.54 Å². The lowest BCUT2D eigenvalue weighted by Gasteiger charge is -2.11. The zero-order chi connectivity index (χ0) is 14.7. The summed E-state index contributed by atoms with van der Waals surface area (Å²) >= 11 is 5.97. The molecule has 0 bridgehead atoms. The van der Waals surface area contributed by atoms with Crippen molar-refractivity contribution < 1.29 is 4.79 Å². The molecule has 0 aliphatic carbocycles. The van der Waals surface area contributed by atoms with Crippen LogP contribution in [0.25, 0.3) is 0 Å². The molecule has 0 aliphatic rings. The number of halogens is 1. The number of anilines is 2. The van der Waals surface area contributed by atoms with Crippen LogP contribution in [0.5, 0.6) is 0 Å². The van der Waals surface area contributed by atoms with Gasteiger partial charge in [-0.2, -0.15) is 0 Å². The molecule has 0 unspecified atom stereocenters. The van der Waals surface area contributed by atoms with E-state index in [1.54, 1.807) is 37.3 Å². The van der Waals surface area contributed by atoms with Crippen LogP contribution in [0.3, 0.4) is 0 Å². The molecule has 104 valence electrons. The molecule has 2 aromatic rings. The van der Waals surface area contributed by atoms with Crippen LogP contribution in [0, 0.1) is 6.92 Å². The molecule has 3 N–H and O–H groups in total. The molecule has 1 heterocycles. The molecular weight excluding hydrogens is 278 g/mol. The predicted octanol–water partition coefficient (Wildman–Crippen LogP) is 2.03. The molecule has 6 heteroatoms. The van der Waals surface area contributed by atoms with E-state index in [2.05, 4.69) is 5.32 Å². The third-order valence-corrected chi connectivity index (χ3v) is 3.16. The van der Waals surface area contributed by atoms with Crippen molar-refractivity contribution in [3.63, 3.8) is 0 Å². The Kier molecular flexibility index (Phi) is 4.10. The number of carbonyl (C=O) groups excluding carboxylic acids is 1. The van der Waals surface area contributed by atoms with Gasteiger partial charge in [-0.1, -0.05) is 17.7 Å². The zero-order valence-electron chi connectivity index (χ0n) is 10.9. The zero-order valence-corrected chi connectivity index (χ0v) is 11.6. The first kappa shape index (κ1) is 14.1. The van der Waals surface area contributed by atoms with Gasteiger partial charge in [0, 0.05) is 17.4 Å². The lowest BCUT2D eigenvalue weighted by Crippen LogP contribution is -2.28. The van der Waals surface area contributed by atoms with Crippen molar-refractivity contribution in [3.8, 4) is 0 Å². The summed E-state index contributed by atoms with van der Waals surface area (Å²) < 4.78 is 1.38. The van der Waals surface area contributed by atoms with Crippen molar-refractivity contribution in [1.82, 2.24) is 4.57 Å². The second-order valence-electron chi connectivity index (χ2n) is 4.38. The van der Waals surface area contributed by atoms with E-state index in [0.29, 0.717) is 22.1 Å². The Balaban J connectivity index is 2.17. The van der Waals surface area contributed by atoms with E-state index in [-0.39, 0.29) is 18.0 Å². The minimum absolute atomic E-state index is 0.0728. The van der Waals surface area contributed by atoms with Gasteiger partial charge in [0.15, 0.2) is 0 Å². The Morgan fingerprint density at radius 1 is 1.35 bits per heavy atom. The van der Waals surface area contributed by atoms with Gasteiger partial charge in [0.05, 0.1) is 10.7 Å². The topological polar surface area (TPSA) is 77.1 Å². The molecule has 1 amide bonds. The second kappa shape index (κ2) is 5.79. The van der Waals surface area contributed by atoms with Crippen LogP contribution in [0.1, 0.15) is 5.69 Å². The number of amides is 1. The van der Waals surface area contributed by atoms with Gasteiger partial charge in [-0.05, 0) is 31.2 Å². The normalized spacial score (nSPS) is 10.3. The van der Waals surface area contributed by atoms with Crippen molar-refractivity contribution in [2.75, 3.05) is 11.1 Å². The number of benzene rings is 1. The van der Waals surface area contributed by atoms with Crippen LogP contribution in [0.2, 0.25) is 5.02 Å². The fourth-order valence-corrected chi connectivity index (χ4v) is 1.96. The summed E-state index contributed by atoms with van der Waals surface area (Å²) in [6.07, 6.45) is 0. The van der Waals surface area contributed by atoms with Crippen LogP contribution < -0.4 is 16.6 Å². The lowest BCUT2D eigenvalue weighted by atomic mass is 10.2. The van der Waals surface area contributed by atoms with Crippen LogP contribution in [-0.4, -0.2) is 10.5 Å². The van der Waals surface area contributed by atoms with Gasteiger partial charge in [0.2, 0.25) is 5.91 Å². The van der Waals surface area contributed by atoms with Crippen molar-refractivity contribution >= 4 is 28.9 Å². The number of nitrogen functional groups attached to an aromatic ring is 1. The first-order valence-electron chi connectivity index (χ1n) is 5.98. The average Bonchev–Trinajstić information content (AvgIpc) is 2.38. The quantitative estimate of drug-likeness (QED) is 0.850. The van der Waals surface area contributed by atoms with Gasteiger partial charge in [-0.25, -0.2) is 0 Å². The highest BCUT2D eigenvalue weighted by Crippen LogP contribution is 2.23. The molecule has 0 saturated heterocycles. The van der Waals surface area contributed by atoms with Gasteiger partial charge in [-0.15, -0.1) is 0 Å². The van der Waals surface area contributed by atoms with Gasteiger partial charge in [-0.3, -0.25) is 9.59 Å². The number of nitrogens with zero attached hydrogens (tertiary/aromatic N) is 1. The van der Waals surface area contributed by atoms with E-state index in [9.17, 15) is 9.59 Å². The number of hydrogen-bond acceptors (Lipinski definition) is 3. The van der Waals surface area contributed by atoms with Gasteiger partial charge < -0.3 is 15.6 Å². The molecule has 0 spiro atoms. The number of aryl methyl sites for hydroxylation is 1. The van der Waals surface area contributed by atoms with Gasteiger partial charge >= 0.3 is 0 Å². The molecule has 2 rings (SSSR count). The summed E-state index contributed by atoms with van der Waals surface area (Å²) in [6.45, 7) is 1.69. The maximum absolute atomic E-state index is 12.0. The molecule has 1 aromatic heterocycles. The number of rotatable bonds is 3. The van der Waals surface area contributed by atoms with Crippen LogP contribution >= 0.6 is 11.6 Å². The highest BCUT2D eigenvalue weighted by atomic mass is 35.5. The van der Waals surface area contributed by atoms with Crippen molar-refractivity contribution in [2.24, 2.45) is 0 Å². The maximum Gasteiger partial charge on any atom is 0.251 e.